The number of furan rings is 1. The van der Waals surface area contributed by atoms with Crippen molar-refractivity contribution >= 4 is 76.6 Å². The van der Waals surface area contributed by atoms with Crippen LogP contribution in [0, 0.1) is 6.92 Å². The van der Waals surface area contributed by atoms with E-state index in [1.165, 1.54) is 28.0 Å². The topological polar surface area (TPSA) is 72.2 Å². The van der Waals surface area contributed by atoms with E-state index < -0.39 is 0 Å². The zero-order chi connectivity index (χ0) is 35.5. The Morgan fingerprint density at radius 2 is 1.60 bits per heavy atom. The summed E-state index contributed by atoms with van der Waals surface area (Å²) >= 11 is 1.50. The first-order valence-electron chi connectivity index (χ1n) is 17.4. The summed E-state index contributed by atoms with van der Waals surface area (Å²) in [6, 6.07) is 36.4. The summed E-state index contributed by atoms with van der Waals surface area (Å²) in [6.45, 7) is 10.8. The Kier molecular flexibility index (Phi) is 7.67. The van der Waals surface area contributed by atoms with Crippen LogP contribution in [0.1, 0.15) is 48.4 Å². The molecule has 1 aliphatic carbocycles. The highest BCUT2D eigenvalue weighted by Crippen LogP contribution is 2.36. The largest absolute Gasteiger partial charge is 0.456 e. The van der Waals surface area contributed by atoms with Gasteiger partial charge in [0.05, 0.1) is 22.1 Å². The van der Waals surface area contributed by atoms with Gasteiger partial charge in [-0.1, -0.05) is 102 Å². The van der Waals surface area contributed by atoms with E-state index >= 15 is 0 Å². The maximum Gasteiger partial charge on any atom is 0.266 e. The molecule has 1 atom stereocenters. The van der Waals surface area contributed by atoms with Crippen molar-refractivity contribution in [2.24, 2.45) is 9.98 Å². The number of para-hydroxylation sites is 1. The molecule has 252 valence electrons. The summed E-state index contributed by atoms with van der Waals surface area (Å²) in [4.78, 5) is 29.3. The molecule has 0 bridgehead atoms. The van der Waals surface area contributed by atoms with Crippen molar-refractivity contribution in [2.75, 3.05) is 0 Å². The molecular formula is C45H34N4O2S. The number of aromatic nitrogens is 2. The van der Waals surface area contributed by atoms with Gasteiger partial charge in [0.25, 0.3) is 5.56 Å². The highest BCUT2D eigenvalue weighted by atomic mass is 32.1. The molecule has 0 radical (unpaired) electrons. The number of allylic oxidation sites excluding steroid dienone is 2. The van der Waals surface area contributed by atoms with Crippen LogP contribution in [-0.2, 0) is 0 Å². The second kappa shape index (κ2) is 12.5. The summed E-state index contributed by atoms with van der Waals surface area (Å²) in [7, 11) is 0. The molecule has 0 saturated heterocycles. The molecule has 1 unspecified atom stereocenters. The normalized spacial score (nSPS) is 15.6. The van der Waals surface area contributed by atoms with Crippen molar-refractivity contribution in [3.63, 3.8) is 0 Å². The van der Waals surface area contributed by atoms with Crippen LogP contribution in [0.3, 0.4) is 0 Å². The molecule has 1 aliphatic rings. The van der Waals surface area contributed by atoms with Gasteiger partial charge in [-0.15, -0.1) is 0 Å². The Morgan fingerprint density at radius 1 is 0.846 bits per heavy atom. The summed E-state index contributed by atoms with van der Waals surface area (Å²) in [5.74, 6) is 0.872. The lowest BCUT2D eigenvalue weighted by Crippen LogP contribution is -2.11. The van der Waals surface area contributed by atoms with E-state index in [1.54, 1.807) is 4.40 Å². The van der Waals surface area contributed by atoms with Gasteiger partial charge in [0.1, 0.15) is 11.2 Å². The van der Waals surface area contributed by atoms with Crippen LogP contribution < -0.4 is 5.56 Å². The molecule has 9 rings (SSSR count). The lowest BCUT2D eigenvalue weighted by atomic mass is 9.82. The molecule has 8 aromatic rings. The number of imidazole rings is 1. The highest BCUT2D eigenvalue weighted by molar-refractivity contribution is 7.23. The fraction of sp³-hybridized carbons (Fsp3) is 0.111. The molecule has 7 heteroatoms. The van der Waals surface area contributed by atoms with E-state index in [9.17, 15) is 4.79 Å². The van der Waals surface area contributed by atoms with Gasteiger partial charge in [-0.2, -0.15) is 0 Å². The second-order valence-corrected chi connectivity index (χ2v) is 14.4. The van der Waals surface area contributed by atoms with Crippen molar-refractivity contribution in [1.82, 2.24) is 9.38 Å². The first-order chi connectivity index (χ1) is 25.3. The van der Waals surface area contributed by atoms with Crippen molar-refractivity contribution < 1.29 is 4.42 Å². The Hall–Kier alpha value is -6.18. The predicted molar refractivity (Wildman–Crippen MR) is 217 cm³/mol. The van der Waals surface area contributed by atoms with Gasteiger partial charge in [-0.3, -0.25) is 4.79 Å². The third-order valence-electron chi connectivity index (χ3n) is 10.1. The summed E-state index contributed by atoms with van der Waals surface area (Å²) in [5.41, 5.74) is 11.0. The fourth-order valence-electron chi connectivity index (χ4n) is 7.32. The Bertz CT molecular complexity index is 2970. The molecule has 0 spiro atoms. The van der Waals surface area contributed by atoms with Crippen molar-refractivity contribution in [1.29, 1.82) is 0 Å². The minimum atomic E-state index is -0.0697. The van der Waals surface area contributed by atoms with Gasteiger partial charge in [-0.25, -0.2) is 19.4 Å². The third kappa shape index (κ3) is 5.41. The Labute approximate surface area is 304 Å². The van der Waals surface area contributed by atoms with E-state index in [-0.39, 0.29) is 11.5 Å². The number of fused-ring (bicyclic) bond motifs is 7. The SMILES string of the molecule is C=C(N=C(N=C(C)c1ccc2c(c1)oc1ccccc12)C1=CCC(c2ccccc2C)C(C)=C1)c1ccc2c(c1)nc1sc3ccccc3c(=O)n12. The number of benzene rings is 5. The lowest BCUT2D eigenvalue weighted by molar-refractivity contribution is 0.669. The Balaban J connectivity index is 1.13. The summed E-state index contributed by atoms with van der Waals surface area (Å²) < 4.78 is 8.81. The minimum absolute atomic E-state index is 0.0697. The second-order valence-electron chi connectivity index (χ2n) is 13.4. The number of amidine groups is 1. The van der Waals surface area contributed by atoms with E-state index in [0.29, 0.717) is 27.4 Å². The first kappa shape index (κ1) is 31.8. The number of aryl methyl sites for hydroxylation is 1. The molecule has 6 nitrogen and oxygen atoms in total. The van der Waals surface area contributed by atoms with Crippen molar-refractivity contribution in [2.45, 2.75) is 33.1 Å². The van der Waals surface area contributed by atoms with Crippen LogP contribution >= 0.6 is 11.3 Å². The molecule has 5 aromatic carbocycles. The van der Waals surface area contributed by atoms with E-state index in [1.807, 2.05) is 67.6 Å². The van der Waals surface area contributed by atoms with Gasteiger partial charge in [0.15, 0.2) is 10.8 Å². The van der Waals surface area contributed by atoms with Crippen molar-refractivity contribution in [3.05, 3.63) is 172 Å². The standard InChI is InChI=1S/C45H34N4O2S/c1-26-11-5-6-12-33(26)34-20-18-32(23-27(34)2)43(47-29(4)31-17-21-36-35-13-7-9-15-40(35)51-41(36)25-31)46-28(3)30-19-22-39-38(24-30)48-45-49(39)44(50)37-14-8-10-16-42(37)52-45/h5-19,21-25,34H,3,20H2,1-2,4H3. The van der Waals surface area contributed by atoms with Gasteiger partial charge < -0.3 is 4.42 Å². The van der Waals surface area contributed by atoms with E-state index in [2.05, 4.69) is 81.1 Å². The number of nitrogens with zero attached hydrogens (tertiary/aromatic N) is 4. The minimum Gasteiger partial charge on any atom is -0.456 e. The van der Waals surface area contributed by atoms with Crippen LogP contribution in [0.15, 0.2) is 158 Å². The van der Waals surface area contributed by atoms with Gasteiger partial charge in [-0.05, 0) is 86.3 Å². The number of aliphatic imine (C=N–C) groups is 2. The molecular weight excluding hydrogens is 661 g/mol. The monoisotopic (exact) mass is 694 g/mol. The molecule has 3 heterocycles. The zero-order valence-electron chi connectivity index (χ0n) is 29.1. The fourth-order valence-corrected chi connectivity index (χ4v) is 8.34. The maximum atomic E-state index is 13.5. The average molecular weight is 695 g/mol. The zero-order valence-corrected chi connectivity index (χ0v) is 29.9. The first-order valence-corrected chi connectivity index (χ1v) is 18.2. The van der Waals surface area contributed by atoms with Crippen LogP contribution in [0.4, 0.5) is 0 Å². The third-order valence-corrected chi connectivity index (χ3v) is 11.2. The lowest BCUT2D eigenvalue weighted by Gasteiger charge is -2.23. The van der Waals surface area contributed by atoms with Crippen LogP contribution in [0.5, 0.6) is 0 Å². The van der Waals surface area contributed by atoms with Crippen LogP contribution in [0.25, 0.3) is 53.7 Å². The Morgan fingerprint density at radius 3 is 2.44 bits per heavy atom. The molecule has 0 fully saturated rings. The predicted octanol–water partition coefficient (Wildman–Crippen LogP) is 11.2. The van der Waals surface area contributed by atoms with Crippen LogP contribution in [-0.4, -0.2) is 20.9 Å². The molecule has 0 amide bonds. The van der Waals surface area contributed by atoms with Gasteiger partial charge in [0.2, 0.25) is 0 Å². The van der Waals surface area contributed by atoms with E-state index in [4.69, 9.17) is 19.4 Å². The van der Waals surface area contributed by atoms with Crippen molar-refractivity contribution in [3.8, 4) is 0 Å². The molecule has 0 saturated carbocycles. The smallest absolute Gasteiger partial charge is 0.266 e. The highest BCUT2D eigenvalue weighted by Gasteiger charge is 2.21. The molecule has 52 heavy (non-hydrogen) atoms. The maximum absolute atomic E-state index is 13.5. The average Bonchev–Trinajstić information content (AvgIpc) is 3.72. The van der Waals surface area contributed by atoms with Gasteiger partial charge in [0, 0.05) is 38.2 Å². The molecule has 3 aromatic heterocycles. The number of rotatable bonds is 5. The molecule has 0 N–H and O–H groups in total. The summed E-state index contributed by atoms with van der Waals surface area (Å²) in [6.07, 6.45) is 5.29. The summed E-state index contributed by atoms with van der Waals surface area (Å²) in [5, 5.41) is 2.85. The van der Waals surface area contributed by atoms with E-state index in [0.717, 1.165) is 61.0 Å². The van der Waals surface area contributed by atoms with Crippen LogP contribution in [0.2, 0.25) is 0 Å². The number of hydrogen-bond donors (Lipinski definition) is 0. The van der Waals surface area contributed by atoms with Gasteiger partial charge >= 0.3 is 0 Å². The molecule has 0 aliphatic heterocycles. The number of hydrogen-bond acceptors (Lipinski definition) is 5. The quantitative estimate of drug-likeness (QED) is 0.133.